The Hall–Kier alpha value is -7.74. The van der Waals surface area contributed by atoms with Crippen LogP contribution in [0, 0.1) is 0 Å². The molecule has 0 fully saturated rings. The number of benzene rings is 10. The molecule has 0 bridgehead atoms. The summed E-state index contributed by atoms with van der Waals surface area (Å²) in [6, 6.07) is 92.2. The van der Waals surface area contributed by atoms with Crippen LogP contribution in [0.25, 0.3) is 33.0 Å². The van der Waals surface area contributed by atoms with Crippen LogP contribution < -0.4 is 4.90 Å². The Morgan fingerprint density at radius 1 is 0.262 bits per heavy atom. The van der Waals surface area contributed by atoms with Crippen molar-refractivity contribution in [3.05, 3.63) is 293 Å². The molecule has 1 heteroatoms. The average molecular weight is 776 g/mol. The van der Waals surface area contributed by atoms with E-state index in [2.05, 4.69) is 254 Å². The van der Waals surface area contributed by atoms with Gasteiger partial charge in [-0.15, -0.1) is 0 Å². The summed E-state index contributed by atoms with van der Waals surface area (Å²) in [5.74, 6) is 0. The van der Waals surface area contributed by atoms with Crippen LogP contribution in [-0.2, 0) is 10.8 Å². The van der Waals surface area contributed by atoms with E-state index in [0.29, 0.717) is 0 Å². The highest BCUT2D eigenvalue weighted by Crippen LogP contribution is 2.59. The molecule has 0 aliphatic heterocycles. The van der Waals surface area contributed by atoms with Gasteiger partial charge in [-0.3, -0.25) is 0 Å². The fourth-order valence-corrected chi connectivity index (χ4v) is 11.0. The molecule has 61 heavy (non-hydrogen) atoms. The minimum atomic E-state index is -0.517. The molecule has 1 nitrogen and oxygen atoms in total. The van der Waals surface area contributed by atoms with E-state index >= 15 is 0 Å². The molecular formula is C60H41N. The fourth-order valence-electron chi connectivity index (χ4n) is 11.0. The SMILES string of the molecule is c1ccc(C2(c3ccccc3)c3ccccc3-c3cc(N(c4ccc5c(c4)C(c4ccccc4)(c4ccccc4)c4ccccc4-5)c4cccc5ccccc45)ccc32)cc1. The Morgan fingerprint density at radius 3 is 1.26 bits per heavy atom. The number of nitrogens with zero attached hydrogens (tertiary/aromatic N) is 1. The van der Waals surface area contributed by atoms with Crippen molar-refractivity contribution in [1.82, 2.24) is 0 Å². The summed E-state index contributed by atoms with van der Waals surface area (Å²) in [4.78, 5) is 2.50. The normalized spacial score (nSPS) is 13.8. The summed E-state index contributed by atoms with van der Waals surface area (Å²) >= 11 is 0. The lowest BCUT2D eigenvalue weighted by molar-refractivity contribution is 0.768. The van der Waals surface area contributed by atoms with Gasteiger partial charge in [0.15, 0.2) is 0 Å². The molecule has 0 radical (unpaired) electrons. The molecule has 0 unspecified atom stereocenters. The smallest absolute Gasteiger partial charge is 0.0714 e. The third-order valence-corrected chi connectivity index (χ3v) is 13.4. The molecule has 286 valence electrons. The first kappa shape index (κ1) is 35.2. The number of rotatable bonds is 7. The number of hydrogen-bond donors (Lipinski definition) is 0. The van der Waals surface area contributed by atoms with Gasteiger partial charge in [-0.05, 0) is 102 Å². The van der Waals surface area contributed by atoms with Crippen LogP contribution in [0.2, 0.25) is 0 Å². The Bertz CT molecular complexity index is 3160. The second kappa shape index (κ2) is 13.9. The molecule has 0 aromatic heterocycles. The third kappa shape index (κ3) is 5.08. The number of anilines is 3. The predicted molar refractivity (Wildman–Crippen MR) is 253 cm³/mol. The van der Waals surface area contributed by atoms with Crippen LogP contribution in [-0.4, -0.2) is 0 Å². The Kier molecular flexibility index (Phi) is 8.05. The van der Waals surface area contributed by atoms with Crippen LogP contribution in [0.4, 0.5) is 17.1 Å². The lowest BCUT2D eigenvalue weighted by Gasteiger charge is -2.35. The fraction of sp³-hybridized carbons (Fsp3) is 0.0333. The first-order valence-electron chi connectivity index (χ1n) is 21.3. The first-order chi connectivity index (χ1) is 30.3. The van der Waals surface area contributed by atoms with Crippen LogP contribution in [0.5, 0.6) is 0 Å². The summed E-state index contributed by atoms with van der Waals surface area (Å²) in [5, 5.41) is 2.41. The van der Waals surface area contributed by atoms with Gasteiger partial charge < -0.3 is 4.90 Å². The summed E-state index contributed by atoms with van der Waals surface area (Å²) < 4.78 is 0. The predicted octanol–water partition coefficient (Wildman–Crippen LogP) is 15.0. The first-order valence-corrected chi connectivity index (χ1v) is 21.3. The molecule has 0 atom stereocenters. The molecule has 0 N–H and O–H groups in total. The van der Waals surface area contributed by atoms with E-state index in [1.165, 1.54) is 77.5 Å². The summed E-state index contributed by atoms with van der Waals surface area (Å²) in [6.45, 7) is 0. The Balaban J connectivity index is 1.14. The van der Waals surface area contributed by atoms with Crippen LogP contribution in [0.15, 0.2) is 249 Å². The van der Waals surface area contributed by atoms with Crippen LogP contribution in [0.1, 0.15) is 44.5 Å². The van der Waals surface area contributed by atoms with Crippen LogP contribution >= 0.6 is 0 Å². The zero-order chi connectivity index (χ0) is 40.4. The average Bonchev–Trinajstić information content (AvgIpc) is 3.81. The highest BCUT2D eigenvalue weighted by atomic mass is 15.1. The van der Waals surface area contributed by atoms with Gasteiger partial charge >= 0.3 is 0 Å². The van der Waals surface area contributed by atoms with E-state index in [1.54, 1.807) is 0 Å². The maximum Gasteiger partial charge on any atom is 0.0714 e. The van der Waals surface area contributed by atoms with Crippen molar-refractivity contribution >= 4 is 27.8 Å². The van der Waals surface area contributed by atoms with Crippen molar-refractivity contribution in [3.63, 3.8) is 0 Å². The van der Waals surface area contributed by atoms with Crippen molar-refractivity contribution in [2.45, 2.75) is 10.8 Å². The molecule has 0 saturated carbocycles. The maximum absolute atomic E-state index is 2.50. The zero-order valence-electron chi connectivity index (χ0n) is 33.6. The minimum absolute atomic E-state index is 0.471. The van der Waals surface area contributed by atoms with Gasteiger partial charge in [0.05, 0.1) is 16.5 Å². The monoisotopic (exact) mass is 775 g/mol. The molecular weight excluding hydrogens is 735 g/mol. The summed E-state index contributed by atoms with van der Waals surface area (Å²) in [7, 11) is 0. The molecule has 10 aromatic carbocycles. The largest absolute Gasteiger partial charge is 0.310 e. The topological polar surface area (TPSA) is 3.24 Å². The van der Waals surface area contributed by atoms with Gasteiger partial charge in [0.1, 0.15) is 0 Å². The molecule has 0 spiro atoms. The van der Waals surface area contributed by atoms with Gasteiger partial charge in [0.2, 0.25) is 0 Å². The Morgan fingerprint density at radius 2 is 0.672 bits per heavy atom. The Labute approximate surface area is 357 Å². The highest BCUT2D eigenvalue weighted by Gasteiger charge is 2.48. The highest BCUT2D eigenvalue weighted by molar-refractivity contribution is 6.01. The van der Waals surface area contributed by atoms with E-state index in [1.807, 2.05) is 0 Å². The van der Waals surface area contributed by atoms with Gasteiger partial charge in [0, 0.05) is 16.8 Å². The van der Waals surface area contributed by atoms with Gasteiger partial charge in [-0.1, -0.05) is 218 Å². The summed E-state index contributed by atoms with van der Waals surface area (Å²) in [6.07, 6.45) is 0. The van der Waals surface area contributed by atoms with E-state index in [-0.39, 0.29) is 0 Å². The standard InChI is InChI=1S/C60H41N/c1-5-22-43(23-6-1)59(44-24-7-2-8-25-44)55-34-18-16-32-51(55)53-40-47(37-39-56(53)59)61(58-35-19-21-42-20-13-14-30-49(42)58)48-36-38-52-50-31-15-17-33-54(50)60(57(52)41-48,45-26-9-3-10-27-45)46-28-11-4-12-29-46/h1-41H. The molecule has 12 rings (SSSR count). The van der Waals surface area contributed by atoms with Crippen molar-refractivity contribution in [2.75, 3.05) is 4.90 Å². The van der Waals surface area contributed by atoms with Gasteiger partial charge in [-0.25, -0.2) is 0 Å². The third-order valence-electron chi connectivity index (χ3n) is 13.4. The molecule has 2 aliphatic carbocycles. The lowest BCUT2D eigenvalue weighted by atomic mass is 9.67. The number of fused-ring (bicyclic) bond motifs is 7. The van der Waals surface area contributed by atoms with Crippen molar-refractivity contribution in [3.8, 4) is 22.3 Å². The molecule has 0 heterocycles. The zero-order valence-corrected chi connectivity index (χ0v) is 33.6. The molecule has 2 aliphatic rings. The van der Waals surface area contributed by atoms with Crippen molar-refractivity contribution in [2.24, 2.45) is 0 Å². The van der Waals surface area contributed by atoms with Gasteiger partial charge in [-0.2, -0.15) is 0 Å². The van der Waals surface area contributed by atoms with E-state index in [4.69, 9.17) is 0 Å². The quantitative estimate of drug-likeness (QED) is 0.156. The van der Waals surface area contributed by atoms with Crippen molar-refractivity contribution in [1.29, 1.82) is 0 Å². The molecule has 0 amide bonds. The second-order valence-electron chi connectivity index (χ2n) is 16.3. The van der Waals surface area contributed by atoms with Gasteiger partial charge in [0.25, 0.3) is 0 Å². The maximum atomic E-state index is 2.50. The van der Waals surface area contributed by atoms with E-state index in [9.17, 15) is 0 Å². The minimum Gasteiger partial charge on any atom is -0.310 e. The van der Waals surface area contributed by atoms with E-state index in [0.717, 1.165) is 17.1 Å². The van der Waals surface area contributed by atoms with Crippen molar-refractivity contribution < 1.29 is 0 Å². The molecule has 10 aromatic rings. The number of hydrogen-bond acceptors (Lipinski definition) is 1. The van der Waals surface area contributed by atoms with Crippen LogP contribution in [0.3, 0.4) is 0 Å². The lowest BCUT2D eigenvalue weighted by Crippen LogP contribution is -2.29. The van der Waals surface area contributed by atoms with E-state index < -0.39 is 10.8 Å². The second-order valence-corrected chi connectivity index (χ2v) is 16.3. The molecule has 0 saturated heterocycles. The summed E-state index contributed by atoms with van der Waals surface area (Å²) in [5.41, 5.74) is 17.7.